The number of benzene rings is 2. The molecule has 0 aromatic heterocycles. The zero-order chi connectivity index (χ0) is 14.7. The van der Waals surface area contributed by atoms with Crippen LogP contribution in [0.25, 0.3) is 0 Å². The summed E-state index contributed by atoms with van der Waals surface area (Å²) >= 11 is 6.46. The van der Waals surface area contributed by atoms with Crippen molar-refractivity contribution in [2.24, 2.45) is 0 Å². The largest absolute Gasteiger partial charge is 0.313 e. The highest BCUT2D eigenvalue weighted by Crippen LogP contribution is 2.29. The van der Waals surface area contributed by atoms with Crippen molar-refractivity contribution in [1.29, 1.82) is 0 Å². The standard InChI is InChI=1S/C18H22ClN/c1-12-8-9-13(2)15(10-12)11-17(20-4)16-7-5-6-14(3)18(16)19/h5-10,17,20H,11H2,1-4H3. The molecular formula is C18H22ClN. The van der Waals surface area contributed by atoms with Crippen molar-refractivity contribution in [1.82, 2.24) is 5.32 Å². The van der Waals surface area contributed by atoms with Gasteiger partial charge in [0.05, 0.1) is 0 Å². The van der Waals surface area contributed by atoms with Crippen molar-refractivity contribution in [3.8, 4) is 0 Å². The molecule has 2 heteroatoms. The van der Waals surface area contributed by atoms with Crippen LogP contribution in [0.4, 0.5) is 0 Å². The van der Waals surface area contributed by atoms with E-state index >= 15 is 0 Å². The molecule has 106 valence electrons. The van der Waals surface area contributed by atoms with Gasteiger partial charge in [0, 0.05) is 11.1 Å². The average Bonchev–Trinajstić information content (AvgIpc) is 2.43. The van der Waals surface area contributed by atoms with Crippen LogP contribution in [-0.4, -0.2) is 7.05 Å². The van der Waals surface area contributed by atoms with E-state index in [0.717, 1.165) is 17.0 Å². The molecule has 0 fully saturated rings. The van der Waals surface area contributed by atoms with Crippen LogP contribution in [0.3, 0.4) is 0 Å². The van der Waals surface area contributed by atoms with Crippen LogP contribution in [0.1, 0.15) is 33.9 Å². The first kappa shape index (κ1) is 15.1. The van der Waals surface area contributed by atoms with Crippen LogP contribution in [0.5, 0.6) is 0 Å². The van der Waals surface area contributed by atoms with Gasteiger partial charge in [0.1, 0.15) is 0 Å². The Balaban J connectivity index is 2.34. The fourth-order valence-corrected chi connectivity index (χ4v) is 2.80. The molecule has 0 aliphatic carbocycles. The van der Waals surface area contributed by atoms with Crippen LogP contribution in [0.2, 0.25) is 5.02 Å². The van der Waals surface area contributed by atoms with E-state index < -0.39 is 0 Å². The maximum atomic E-state index is 6.46. The van der Waals surface area contributed by atoms with Gasteiger partial charge in [0.15, 0.2) is 0 Å². The van der Waals surface area contributed by atoms with E-state index in [0.29, 0.717) is 0 Å². The Labute approximate surface area is 127 Å². The minimum absolute atomic E-state index is 0.239. The number of likely N-dealkylation sites (N-methyl/N-ethyl adjacent to an activating group) is 1. The molecule has 0 saturated carbocycles. The number of rotatable bonds is 4. The SMILES string of the molecule is CNC(Cc1cc(C)ccc1C)c1cccc(C)c1Cl. The quantitative estimate of drug-likeness (QED) is 0.854. The topological polar surface area (TPSA) is 12.0 Å². The molecule has 1 atom stereocenters. The van der Waals surface area contributed by atoms with E-state index in [2.05, 4.69) is 62.5 Å². The monoisotopic (exact) mass is 287 g/mol. The van der Waals surface area contributed by atoms with Crippen molar-refractivity contribution in [2.45, 2.75) is 33.2 Å². The maximum Gasteiger partial charge on any atom is 0.0483 e. The summed E-state index contributed by atoms with van der Waals surface area (Å²) in [6.45, 7) is 6.35. The lowest BCUT2D eigenvalue weighted by Crippen LogP contribution is -2.20. The Morgan fingerprint density at radius 1 is 1.05 bits per heavy atom. The lowest BCUT2D eigenvalue weighted by Gasteiger charge is -2.20. The number of halogens is 1. The van der Waals surface area contributed by atoms with E-state index in [4.69, 9.17) is 11.6 Å². The molecular weight excluding hydrogens is 266 g/mol. The van der Waals surface area contributed by atoms with E-state index in [9.17, 15) is 0 Å². The fourth-order valence-electron chi connectivity index (χ4n) is 2.55. The molecule has 2 aromatic carbocycles. The molecule has 1 unspecified atom stereocenters. The Kier molecular flexibility index (Phi) is 4.85. The van der Waals surface area contributed by atoms with Gasteiger partial charge in [-0.1, -0.05) is 53.6 Å². The molecule has 1 N–H and O–H groups in total. The van der Waals surface area contributed by atoms with E-state index in [-0.39, 0.29) is 6.04 Å². The van der Waals surface area contributed by atoms with Gasteiger partial charge >= 0.3 is 0 Å². The normalized spacial score (nSPS) is 12.4. The second kappa shape index (κ2) is 6.43. The zero-order valence-electron chi connectivity index (χ0n) is 12.6. The van der Waals surface area contributed by atoms with Gasteiger partial charge < -0.3 is 5.32 Å². The summed E-state index contributed by atoms with van der Waals surface area (Å²) in [6, 6.07) is 13.1. The molecule has 0 saturated heterocycles. The highest BCUT2D eigenvalue weighted by molar-refractivity contribution is 6.32. The minimum atomic E-state index is 0.239. The van der Waals surface area contributed by atoms with Crippen molar-refractivity contribution >= 4 is 11.6 Å². The molecule has 0 radical (unpaired) electrons. The zero-order valence-corrected chi connectivity index (χ0v) is 13.4. The minimum Gasteiger partial charge on any atom is -0.313 e. The van der Waals surface area contributed by atoms with Crippen LogP contribution in [0.15, 0.2) is 36.4 Å². The van der Waals surface area contributed by atoms with E-state index in [1.165, 1.54) is 22.3 Å². The highest BCUT2D eigenvalue weighted by atomic mass is 35.5. The van der Waals surface area contributed by atoms with Crippen molar-refractivity contribution in [3.63, 3.8) is 0 Å². The van der Waals surface area contributed by atoms with Crippen LogP contribution in [0, 0.1) is 20.8 Å². The number of hydrogen-bond acceptors (Lipinski definition) is 1. The molecule has 20 heavy (non-hydrogen) atoms. The van der Waals surface area contributed by atoms with Gasteiger partial charge in [-0.05, 0) is 56.5 Å². The first-order valence-electron chi connectivity index (χ1n) is 7.01. The van der Waals surface area contributed by atoms with Crippen molar-refractivity contribution < 1.29 is 0 Å². The second-order valence-electron chi connectivity index (χ2n) is 5.45. The lowest BCUT2D eigenvalue weighted by atomic mass is 9.94. The van der Waals surface area contributed by atoms with Gasteiger partial charge in [-0.3, -0.25) is 0 Å². The van der Waals surface area contributed by atoms with Gasteiger partial charge in [0.25, 0.3) is 0 Å². The highest BCUT2D eigenvalue weighted by Gasteiger charge is 2.15. The maximum absolute atomic E-state index is 6.46. The van der Waals surface area contributed by atoms with Gasteiger partial charge in [0.2, 0.25) is 0 Å². The summed E-state index contributed by atoms with van der Waals surface area (Å²) in [6.07, 6.45) is 0.952. The second-order valence-corrected chi connectivity index (χ2v) is 5.83. The third-order valence-electron chi connectivity index (χ3n) is 3.87. The summed E-state index contributed by atoms with van der Waals surface area (Å²) in [7, 11) is 1.99. The molecule has 0 bridgehead atoms. The first-order valence-corrected chi connectivity index (χ1v) is 7.39. The third kappa shape index (κ3) is 3.23. The van der Waals surface area contributed by atoms with Crippen molar-refractivity contribution in [2.75, 3.05) is 7.05 Å². The summed E-state index contributed by atoms with van der Waals surface area (Å²) in [5, 5.41) is 4.27. The Bertz CT molecular complexity index is 604. The Morgan fingerprint density at radius 2 is 1.80 bits per heavy atom. The molecule has 0 aliphatic rings. The Morgan fingerprint density at radius 3 is 2.50 bits per heavy atom. The predicted molar refractivity (Wildman–Crippen MR) is 87.6 cm³/mol. The van der Waals surface area contributed by atoms with Gasteiger partial charge in [-0.15, -0.1) is 0 Å². The first-order chi connectivity index (χ1) is 9.52. The molecule has 1 nitrogen and oxygen atoms in total. The Hall–Kier alpha value is -1.31. The summed E-state index contributed by atoms with van der Waals surface area (Å²) in [5.41, 5.74) is 6.32. The van der Waals surface area contributed by atoms with E-state index in [1.54, 1.807) is 0 Å². The molecule has 0 amide bonds. The molecule has 0 heterocycles. The van der Waals surface area contributed by atoms with Crippen LogP contribution < -0.4 is 5.32 Å². The van der Waals surface area contributed by atoms with Crippen LogP contribution in [-0.2, 0) is 6.42 Å². The smallest absolute Gasteiger partial charge is 0.0483 e. The van der Waals surface area contributed by atoms with Crippen LogP contribution >= 0.6 is 11.6 Å². The summed E-state index contributed by atoms with van der Waals surface area (Å²) in [5.74, 6) is 0. The molecule has 0 aliphatic heterocycles. The average molecular weight is 288 g/mol. The molecule has 0 spiro atoms. The third-order valence-corrected chi connectivity index (χ3v) is 4.39. The van der Waals surface area contributed by atoms with Gasteiger partial charge in [-0.25, -0.2) is 0 Å². The summed E-state index contributed by atoms with van der Waals surface area (Å²) < 4.78 is 0. The predicted octanol–water partition coefficient (Wildman–Crippen LogP) is 4.77. The fraction of sp³-hybridized carbons (Fsp3) is 0.333. The summed E-state index contributed by atoms with van der Waals surface area (Å²) in [4.78, 5) is 0. The number of nitrogens with one attached hydrogen (secondary N) is 1. The lowest BCUT2D eigenvalue weighted by molar-refractivity contribution is 0.590. The van der Waals surface area contributed by atoms with Gasteiger partial charge in [-0.2, -0.15) is 0 Å². The number of aryl methyl sites for hydroxylation is 3. The van der Waals surface area contributed by atoms with E-state index in [1.807, 2.05) is 7.05 Å². The molecule has 2 aromatic rings. The van der Waals surface area contributed by atoms with Crippen molar-refractivity contribution in [3.05, 3.63) is 69.2 Å². The number of hydrogen-bond donors (Lipinski definition) is 1. The molecule has 2 rings (SSSR count).